The van der Waals surface area contributed by atoms with E-state index in [2.05, 4.69) is 65.8 Å². The molecule has 0 bridgehead atoms. The van der Waals surface area contributed by atoms with Crippen molar-refractivity contribution in [3.63, 3.8) is 0 Å². The predicted molar refractivity (Wildman–Crippen MR) is 88.4 cm³/mol. The van der Waals surface area contributed by atoms with E-state index in [4.69, 9.17) is 0 Å². The number of aryl methyl sites for hydroxylation is 1. The summed E-state index contributed by atoms with van der Waals surface area (Å²) in [7, 11) is 2.02. The highest BCUT2D eigenvalue weighted by Gasteiger charge is 2.14. The van der Waals surface area contributed by atoms with Gasteiger partial charge in [-0.3, -0.25) is 4.98 Å². The normalized spacial score (nSPS) is 12.5. The number of hydrogen-bond acceptors (Lipinski definition) is 2. The third kappa shape index (κ3) is 2.81. The van der Waals surface area contributed by atoms with E-state index >= 15 is 0 Å². The summed E-state index contributed by atoms with van der Waals surface area (Å²) in [4.78, 5) is 4.41. The molecule has 0 aliphatic rings. The lowest BCUT2D eigenvalue weighted by atomic mass is 9.94. The Kier molecular flexibility index (Phi) is 3.98. The maximum absolute atomic E-state index is 4.41. The first-order valence-corrected chi connectivity index (χ1v) is 7.35. The average Bonchev–Trinajstić information content (AvgIpc) is 2.53. The van der Waals surface area contributed by atoms with Crippen molar-refractivity contribution in [1.82, 2.24) is 10.3 Å². The summed E-state index contributed by atoms with van der Waals surface area (Å²) in [6, 6.07) is 19.6. The van der Waals surface area contributed by atoms with Crippen LogP contribution in [-0.2, 0) is 6.42 Å². The average molecular weight is 276 g/mol. The van der Waals surface area contributed by atoms with Crippen molar-refractivity contribution in [1.29, 1.82) is 0 Å². The van der Waals surface area contributed by atoms with Gasteiger partial charge in [-0.05, 0) is 48.4 Å². The molecule has 0 fully saturated rings. The minimum atomic E-state index is 0.282. The lowest BCUT2D eigenvalue weighted by molar-refractivity contribution is 0.588. The van der Waals surface area contributed by atoms with Crippen LogP contribution in [0.1, 0.15) is 22.9 Å². The molecular formula is C19H20N2. The van der Waals surface area contributed by atoms with E-state index in [1.165, 1.54) is 21.9 Å². The lowest BCUT2D eigenvalue weighted by Crippen LogP contribution is -2.20. The molecule has 2 aromatic carbocycles. The molecule has 2 heteroatoms. The second-order valence-electron chi connectivity index (χ2n) is 5.36. The van der Waals surface area contributed by atoms with Crippen LogP contribution in [-0.4, -0.2) is 12.0 Å². The number of benzene rings is 2. The van der Waals surface area contributed by atoms with Gasteiger partial charge in [0.25, 0.3) is 0 Å². The number of nitrogens with one attached hydrogen (secondary N) is 1. The van der Waals surface area contributed by atoms with Crippen LogP contribution in [0.15, 0.2) is 60.8 Å². The zero-order chi connectivity index (χ0) is 14.7. The molecule has 0 spiro atoms. The van der Waals surface area contributed by atoms with E-state index in [0.29, 0.717) is 0 Å². The van der Waals surface area contributed by atoms with Crippen molar-refractivity contribution in [2.45, 2.75) is 19.4 Å². The van der Waals surface area contributed by atoms with E-state index < -0.39 is 0 Å². The molecule has 1 N–H and O–H groups in total. The van der Waals surface area contributed by atoms with Gasteiger partial charge in [-0.25, -0.2) is 0 Å². The van der Waals surface area contributed by atoms with Crippen molar-refractivity contribution in [2.75, 3.05) is 7.05 Å². The Morgan fingerprint density at radius 1 is 1.00 bits per heavy atom. The van der Waals surface area contributed by atoms with Gasteiger partial charge in [-0.2, -0.15) is 0 Å². The highest BCUT2D eigenvalue weighted by molar-refractivity contribution is 5.85. The molecule has 3 rings (SSSR count). The van der Waals surface area contributed by atoms with Gasteiger partial charge in [-0.15, -0.1) is 0 Å². The van der Waals surface area contributed by atoms with Gasteiger partial charge in [-0.1, -0.05) is 48.5 Å². The number of aromatic nitrogens is 1. The Bertz CT molecular complexity index is 744. The fourth-order valence-electron chi connectivity index (χ4n) is 2.92. The summed E-state index contributed by atoms with van der Waals surface area (Å²) in [6.07, 6.45) is 2.81. The maximum atomic E-state index is 4.41. The van der Waals surface area contributed by atoms with E-state index in [1.54, 1.807) is 0 Å². The molecule has 21 heavy (non-hydrogen) atoms. The van der Waals surface area contributed by atoms with Gasteiger partial charge >= 0.3 is 0 Å². The van der Waals surface area contributed by atoms with Crippen molar-refractivity contribution < 1.29 is 0 Å². The minimum absolute atomic E-state index is 0.282. The number of pyridine rings is 1. The van der Waals surface area contributed by atoms with Crippen molar-refractivity contribution >= 4 is 10.8 Å². The van der Waals surface area contributed by atoms with Crippen LogP contribution < -0.4 is 5.32 Å². The molecule has 1 atom stereocenters. The van der Waals surface area contributed by atoms with Crippen LogP contribution in [0.3, 0.4) is 0 Å². The molecule has 0 aliphatic carbocycles. The molecule has 1 unspecified atom stereocenters. The summed E-state index contributed by atoms with van der Waals surface area (Å²) in [5.74, 6) is 0. The maximum Gasteiger partial charge on any atom is 0.0420 e. The molecule has 106 valence electrons. The Labute approximate surface area is 125 Å². The lowest BCUT2D eigenvalue weighted by Gasteiger charge is -2.19. The minimum Gasteiger partial charge on any atom is -0.313 e. The van der Waals surface area contributed by atoms with E-state index in [1.807, 2.05) is 19.3 Å². The topological polar surface area (TPSA) is 24.9 Å². The van der Waals surface area contributed by atoms with Gasteiger partial charge in [0.1, 0.15) is 0 Å². The zero-order valence-electron chi connectivity index (χ0n) is 12.5. The summed E-state index contributed by atoms with van der Waals surface area (Å²) in [5, 5.41) is 6.07. The van der Waals surface area contributed by atoms with Crippen molar-refractivity contribution in [3.8, 4) is 0 Å². The summed E-state index contributed by atoms with van der Waals surface area (Å²) in [6.45, 7) is 2.07. The monoisotopic (exact) mass is 276 g/mol. The van der Waals surface area contributed by atoms with E-state index in [9.17, 15) is 0 Å². The molecule has 2 nitrogen and oxygen atoms in total. The Morgan fingerprint density at radius 2 is 1.81 bits per heavy atom. The van der Waals surface area contributed by atoms with Crippen molar-refractivity contribution in [2.24, 2.45) is 0 Å². The Hall–Kier alpha value is -2.19. The van der Waals surface area contributed by atoms with Crippen LogP contribution in [0.5, 0.6) is 0 Å². The van der Waals surface area contributed by atoms with Crippen LogP contribution in [0.2, 0.25) is 0 Å². The number of hydrogen-bond donors (Lipinski definition) is 1. The van der Waals surface area contributed by atoms with Crippen molar-refractivity contribution in [3.05, 3.63) is 77.6 Å². The smallest absolute Gasteiger partial charge is 0.0420 e. The van der Waals surface area contributed by atoms with Gasteiger partial charge in [0.05, 0.1) is 0 Å². The van der Waals surface area contributed by atoms with Gasteiger partial charge in [0, 0.05) is 17.9 Å². The molecule has 0 saturated carbocycles. The Morgan fingerprint density at radius 3 is 2.62 bits per heavy atom. The molecule has 1 heterocycles. The number of nitrogens with zero attached hydrogens (tertiary/aromatic N) is 1. The van der Waals surface area contributed by atoms with Crippen LogP contribution in [0.25, 0.3) is 10.8 Å². The van der Waals surface area contributed by atoms with Gasteiger partial charge in [0.2, 0.25) is 0 Å². The van der Waals surface area contributed by atoms with Crippen LogP contribution in [0.4, 0.5) is 0 Å². The summed E-state index contributed by atoms with van der Waals surface area (Å²) >= 11 is 0. The second kappa shape index (κ2) is 6.06. The SMILES string of the molecule is CNC(Cc1cccc2ccccc12)c1cccnc1C. The van der Waals surface area contributed by atoms with Gasteiger partial charge < -0.3 is 5.32 Å². The summed E-state index contributed by atoms with van der Waals surface area (Å²) < 4.78 is 0. The first-order valence-electron chi connectivity index (χ1n) is 7.35. The quantitative estimate of drug-likeness (QED) is 0.777. The second-order valence-corrected chi connectivity index (χ2v) is 5.36. The number of fused-ring (bicyclic) bond motifs is 1. The highest BCUT2D eigenvalue weighted by Crippen LogP contribution is 2.25. The standard InChI is InChI=1S/C19H20N2/c1-14-17(11-6-12-21-14)19(20-2)13-16-9-5-8-15-7-3-4-10-18(15)16/h3-12,19-20H,13H2,1-2H3. The molecule has 1 aromatic heterocycles. The van der Waals surface area contributed by atoms with Crippen LogP contribution in [0, 0.1) is 6.92 Å². The fourth-order valence-corrected chi connectivity index (χ4v) is 2.92. The summed E-state index contributed by atoms with van der Waals surface area (Å²) in [5.41, 5.74) is 3.74. The fraction of sp³-hybridized carbons (Fsp3) is 0.211. The first kappa shape index (κ1) is 13.8. The largest absolute Gasteiger partial charge is 0.313 e. The molecule has 0 amide bonds. The first-order chi connectivity index (χ1) is 10.3. The zero-order valence-corrected chi connectivity index (χ0v) is 12.5. The molecule has 0 aliphatic heterocycles. The third-order valence-electron chi connectivity index (χ3n) is 4.08. The van der Waals surface area contributed by atoms with E-state index in [0.717, 1.165) is 12.1 Å². The molecule has 0 saturated heterocycles. The Balaban J connectivity index is 1.98. The predicted octanol–water partition coefficient (Wildman–Crippen LogP) is 4.05. The number of rotatable bonds is 4. The molecule has 0 radical (unpaired) electrons. The van der Waals surface area contributed by atoms with Gasteiger partial charge in [0.15, 0.2) is 0 Å². The molecule has 3 aromatic rings. The third-order valence-corrected chi connectivity index (χ3v) is 4.08. The van der Waals surface area contributed by atoms with Crippen LogP contribution >= 0.6 is 0 Å². The highest BCUT2D eigenvalue weighted by atomic mass is 14.9. The number of likely N-dealkylation sites (N-methyl/N-ethyl adjacent to an activating group) is 1. The molecular weight excluding hydrogens is 256 g/mol. The van der Waals surface area contributed by atoms with E-state index in [-0.39, 0.29) is 6.04 Å².